The SMILES string of the molecule is CC1(C)C(NS(=O)(=O)c2ccc(CBr)cc2)C1(C)C. The van der Waals surface area contributed by atoms with Gasteiger partial charge < -0.3 is 0 Å². The molecule has 0 saturated heterocycles. The van der Waals surface area contributed by atoms with E-state index in [4.69, 9.17) is 0 Å². The number of alkyl halides is 1. The first-order chi connectivity index (χ1) is 8.63. The Kier molecular flexibility index (Phi) is 3.61. The van der Waals surface area contributed by atoms with E-state index in [0.717, 1.165) is 10.9 Å². The molecule has 1 aliphatic rings. The van der Waals surface area contributed by atoms with Crippen molar-refractivity contribution in [2.45, 2.75) is 44.0 Å². The van der Waals surface area contributed by atoms with Crippen LogP contribution >= 0.6 is 15.9 Å². The predicted molar refractivity (Wildman–Crippen MR) is 80.7 cm³/mol. The molecule has 2 rings (SSSR count). The van der Waals surface area contributed by atoms with Crippen molar-refractivity contribution in [2.75, 3.05) is 0 Å². The van der Waals surface area contributed by atoms with Crippen LogP contribution in [0.15, 0.2) is 29.2 Å². The van der Waals surface area contributed by atoms with E-state index in [9.17, 15) is 8.42 Å². The van der Waals surface area contributed by atoms with Crippen LogP contribution in [0.1, 0.15) is 33.3 Å². The molecule has 0 aliphatic heterocycles. The van der Waals surface area contributed by atoms with Gasteiger partial charge in [-0.05, 0) is 28.5 Å². The van der Waals surface area contributed by atoms with Crippen molar-refractivity contribution in [1.29, 1.82) is 0 Å². The van der Waals surface area contributed by atoms with Gasteiger partial charge in [0.25, 0.3) is 0 Å². The van der Waals surface area contributed by atoms with Crippen molar-refractivity contribution < 1.29 is 8.42 Å². The molecule has 1 N–H and O–H groups in total. The van der Waals surface area contributed by atoms with Crippen LogP contribution in [0.25, 0.3) is 0 Å². The third-order valence-corrected chi connectivity index (χ3v) is 6.77. The standard InChI is InChI=1S/C14H20BrNO2S/c1-13(2)12(14(13,3)4)16-19(17,18)11-7-5-10(9-15)6-8-11/h5-8,12,16H,9H2,1-4H3. The van der Waals surface area contributed by atoms with E-state index in [0.29, 0.717) is 4.90 Å². The largest absolute Gasteiger partial charge is 0.240 e. The highest BCUT2D eigenvalue weighted by atomic mass is 79.9. The van der Waals surface area contributed by atoms with Gasteiger partial charge in [0.15, 0.2) is 0 Å². The average molecular weight is 346 g/mol. The maximum absolute atomic E-state index is 12.3. The molecule has 1 aliphatic carbocycles. The molecule has 0 atom stereocenters. The molecule has 0 bridgehead atoms. The van der Waals surface area contributed by atoms with Crippen molar-refractivity contribution >= 4 is 26.0 Å². The second-order valence-corrected chi connectivity index (χ2v) is 8.55. The summed E-state index contributed by atoms with van der Waals surface area (Å²) < 4.78 is 27.5. The fourth-order valence-corrected chi connectivity index (χ4v) is 4.38. The van der Waals surface area contributed by atoms with Crippen LogP contribution in [-0.2, 0) is 15.4 Å². The van der Waals surface area contributed by atoms with Crippen LogP contribution in [0, 0.1) is 10.8 Å². The number of sulfonamides is 1. The molecule has 19 heavy (non-hydrogen) atoms. The molecule has 1 fully saturated rings. The summed E-state index contributed by atoms with van der Waals surface area (Å²) in [5, 5.41) is 0.726. The Balaban J connectivity index is 2.20. The smallest absolute Gasteiger partial charge is 0.207 e. The van der Waals surface area contributed by atoms with Crippen LogP contribution in [0.2, 0.25) is 0 Å². The Morgan fingerprint density at radius 1 is 1.11 bits per heavy atom. The van der Waals surface area contributed by atoms with Gasteiger partial charge in [-0.25, -0.2) is 13.1 Å². The van der Waals surface area contributed by atoms with Gasteiger partial charge in [0.2, 0.25) is 10.0 Å². The second kappa shape index (κ2) is 4.57. The molecular weight excluding hydrogens is 326 g/mol. The van der Waals surface area contributed by atoms with E-state index in [1.807, 2.05) is 12.1 Å². The van der Waals surface area contributed by atoms with Gasteiger partial charge in [0.05, 0.1) is 4.90 Å². The highest BCUT2D eigenvalue weighted by molar-refractivity contribution is 9.08. The molecule has 0 heterocycles. The zero-order chi connectivity index (χ0) is 14.5. The quantitative estimate of drug-likeness (QED) is 0.851. The zero-order valence-electron chi connectivity index (χ0n) is 11.7. The minimum absolute atomic E-state index is 0.00410. The Morgan fingerprint density at radius 3 is 1.95 bits per heavy atom. The summed E-state index contributed by atoms with van der Waals surface area (Å²) in [6.45, 7) is 8.37. The third kappa shape index (κ3) is 2.48. The van der Waals surface area contributed by atoms with Gasteiger partial charge in [-0.1, -0.05) is 55.8 Å². The molecule has 106 valence electrons. The summed E-state index contributed by atoms with van der Waals surface area (Å²) in [6.07, 6.45) is 0. The van der Waals surface area contributed by atoms with Crippen LogP contribution < -0.4 is 4.72 Å². The first-order valence-electron chi connectivity index (χ1n) is 6.30. The number of hydrogen-bond acceptors (Lipinski definition) is 2. The molecular formula is C14H20BrNO2S. The molecule has 1 aromatic carbocycles. The summed E-state index contributed by atoms with van der Waals surface area (Å²) in [7, 11) is -3.43. The minimum Gasteiger partial charge on any atom is -0.207 e. The third-order valence-electron chi connectivity index (χ3n) is 4.68. The van der Waals surface area contributed by atoms with E-state index in [1.165, 1.54) is 0 Å². The fourth-order valence-electron chi connectivity index (χ4n) is 2.47. The van der Waals surface area contributed by atoms with E-state index < -0.39 is 10.0 Å². The molecule has 3 nitrogen and oxygen atoms in total. The average Bonchev–Trinajstić information content (AvgIpc) is 2.71. The van der Waals surface area contributed by atoms with E-state index >= 15 is 0 Å². The summed E-state index contributed by atoms with van der Waals surface area (Å²) >= 11 is 3.35. The molecule has 0 amide bonds. The Morgan fingerprint density at radius 2 is 1.58 bits per heavy atom. The van der Waals surface area contributed by atoms with Gasteiger partial charge in [-0.15, -0.1) is 0 Å². The molecule has 0 aromatic heterocycles. The van der Waals surface area contributed by atoms with Crippen LogP contribution in [0.4, 0.5) is 0 Å². The predicted octanol–water partition coefficient (Wildman–Crippen LogP) is 3.29. The van der Waals surface area contributed by atoms with Crippen LogP contribution in [0.3, 0.4) is 0 Å². The summed E-state index contributed by atoms with van der Waals surface area (Å²) in [4.78, 5) is 0.329. The Hall–Kier alpha value is -0.390. The maximum Gasteiger partial charge on any atom is 0.240 e. The highest BCUT2D eigenvalue weighted by Gasteiger charge is 2.65. The van der Waals surface area contributed by atoms with Gasteiger partial charge in [0, 0.05) is 11.4 Å². The van der Waals surface area contributed by atoms with Gasteiger partial charge in [-0.2, -0.15) is 0 Å². The fraction of sp³-hybridized carbons (Fsp3) is 0.571. The number of hydrogen-bond donors (Lipinski definition) is 1. The topological polar surface area (TPSA) is 46.2 Å². The lowest BCUT2D eigenvalue weighted by molar-refractivity contribution is 0.457. The highest BCUT2D eigenvalue weighted by Crippen LogP contribution is 2.62. The van der Waals surface area contributed by atoms with Gasteiger partial charge >= 0.3 is 0 Å². The molecule has 0 unspecified atom stereocenters. The van der Waals surface area contributed by atoms with E-state index in [-0.39, 0.29) is 16.9 Å². The Bertz CT molecular complexity index is 562. The molecule has 1 aromatic rings. The molecule has 1 saturated carbocycles. The molecule has 5 heteroatoms. The normalized spacial score (nSPS) is 21.3. The van der Waals surface area contributed by atoms with Gasteiger partial charge in [-0.3, -0.25) is 0 Å². The van der Waals surface area contributed by atoms with E-state index in [2.05, 4.69) is 48.3 Å². The Labute approximate surface area is 124 Å². The lowest BCUT2D eigenvalue weighted by atomic mass is 10.0. The zero-order valence-corrected chi connectivity index (χ0v) is 14.1. The van der Waals surface area contributed by atoms with Crippen molar-refractivity contribution in [3.05, 3.63) is 29.8 Å². The number of nitrogens with one attached hydrogen (secondary N) is 1. The summed E-state index contributed by atoms with van der Waals surface area (Å²) in [6, 6.07) is 6.95. The van der Waals surface area contributed by atoms with E-state index in [1.54, 1.807) is 12.1 Å². The number of rotatable bonds is 4. The van der Waals surface area contributed by atoms with Crippen molar-refractivity contribution in [1.82, 2.24) is 4.72 Å². The summed E-state index contributed by atoms with van der Waals surface area (Å²) in [5.41, 5.74) is 1.05. The monoisotopic (exact) mass is 345 g/mol. The van der Waals surface area contributed by atoms with Gasteiger partial charge in [0.1, 0.15) is 0 Å². The maximum atomic E-state index is 12.3. The number of halogens is 1. The molecule has 0 radical (unpaired) electrons. The minimum atomic E-state index is -3.43. The number of benzene rings is 1. The first-order valence-corrected chi connectivity index (χ1v) is 8.90. The van der Waals surface area contributed by atoms with Crippen molar-refractivity contribution in [3.8, 4) is 0 Å². The lowest BCUT2D eigenvalue weighted by Gasteiger charge is -2.08. The first kappa shape index (κ1) is 15.0. The lowest BCUT2D eigenvalue weighted by Crippen LogP contribution is -2.29. The second-order valence-electron chi connectivity index (χ2n) is 6.28. The summed E-state index contributed by atoms with van der Waals surface area (Å²) in [5.74, 6) is 0. The van der Waals surface area contributed by atoms with Crippen LogP contribution in [0.5, 0.6) is 0 Å². The molecule has 0 spiro atoms. The van der Waals surface area contributed by atoms with Crippen LogP contribution in [-0.4, -0.2) is 14.5 Å². The van der Waals surface area contributed by atoms with Crippen molar-refractivity contribution in [2.24, 2.45) is 10.8 Å². The van der Waals surface area contributed by atoms with Crippen molar-refractivity contribution in [3.63, 3.8) is 0 Å².